The Balaban J connectivity index is 0.965. The van der Waals surface area contributed by atoms with Crippen molar-refractivity contribution in [3.63, 3.8) is 0 Å². The molecule has 3 saturated heterocycles. The van der Waals surface area contributed by atoms with Gasteiger partial charge in [0.25, 0.3) is 0 Å². The Labute approximate surface area is 357 Å². The molecule has 2 aromatic rings. The molecule has 8 heteroatoms. The maximum absolute atomic E-state index is 14.7. The average Bonchev–Trinajstić information content (AvgIpc) is 3.75. The van der Waals surface area contributed by atoms with Crippen molar-refractivity contribution in [3.8, 4) is 0 Å². The number of unbranched alkanes of at least 4 members (excludes halogenated alkanes) is 15. The van der Waals surface area contributed by atoms with Crippen molar-refractivity contribution >= 4 is 17.9 Å². The highest BCUT2D eigenvalue weighted by Crippen LogP contribution is 2.47. The SMILES string of the molecule is CC(OC(=O)CCCCCCCCCCCCCCCCCCC(=O)OC(C)(C)C)OC(C(=O)OC1CC2CCC(C1)[N+]21CCCC1)(c1ccccc1)c1ccccc1. The first-order valence-electron chi connectivity index (χ1n) is 23.8. The third-order valence-corrected chi connectivity index (χ3v) is 13.3. The van der Waals surface area contributed by atoms with Crippen LogP contribution in [0, 0.1) is 0 Å². The second kappa shape index (κ2) is 23.7. The highest BCUT2D eigenvalue weighted by atomic mass is 16.7. The highest BCUT2D eigenvalue weighted by Gasteiger charge is 2.57. The monoisotopic (exact) mass is 817 g/mol. The van der Waals surface area contributed by atoms with E-state index in [0.29, 0.717) is 36.1 Å². The zero-order valence-corrected chi connectivity index (χ0v) is 37.3. The standard InChI is InChI=1S/C51H78NO7/c1-41(56-47(53)33-25-17-15-13-11-9-7-5-6-8-10-12-14-16-18-26-34-48(54)59-50(2,3)4)58-51(42-29-21-19-22-30-42,43-31-23-20-24-32-43)49(55)57-46-39-44-35-36-45(40-46)52(44)37-27-28-38-52/h19-24,29-32,41,44-46H,5-18,25-28,33-40H2,1-4H3/q+1. The lowest BCUT2D eigenvalue weighted by molar-refractivity contribution is -0.956. The van der Waals surface area contributed by atoms with Gasteiger partial charge in [0.1, 0.15) is 11.7 Å². The van der Waals surface area contributed by atoms with Crippen LogP contribution in [0.15, 0.2) is 60.7 Å². The third-order valence-electron chi connectivity index (χ3n) is 13.3. The Bertz CT molecular complexity index is 1480. The van der Waals surface area contributed by atoms with Gasteiger partial charge in [-0.15, -0.1) is 0 Å². The minimum Gasteiger partial charge on any atom is -0.460 e. The predicted molar refractivity (Wildman–Crippen MR) is 234 cm³/mol. The van der Waals surface area contributed by atoms with E-state index in [1.54, 1.807) is 6.92 Å². The van der Waals surface area contributed by atoms with Crippen LogP contribution in [-0.4, -0.2) is 65.6 Å². The van der Waals surface area contributed by atoms with Crippen molar-refractivity contribution in [2.75, 3.05) is 13.1 Å². The minimum absolute atomic E-state index is 0.0735. The Morgan fingerprint density at radius 2 is 1.02 bits per heavy atom. The summed E-state index contributed by atoms with van der Waals surface area (Å²) in [5, 5.41) is 0. The van der Waals surface area contributed by atoms with E-state index in [2.05, 4.69) is 0 Å². The largest absolute Gasteiger partial charge is 0.460 e. The molecule has 2 aromatic carbocycles. The first-order chi connectivity index (χ1) is 28.5. The molecule has 0 radical (unpaired) electrons. The van der Waals surface area contributed by atoms with Crippen LogP contribution in [-0.2, 0) is 38.9 Å². The normalized spacial score (nSPS) is 20.4. The molecule has 328 valence electrons. The summed E-state index contributed by atoms with van der Waals surface area (Å²) in [4.78, 5) is 39.6. The summed E-state index contributed by atoms with van der Waals surface area (Å²) < 4.78 is 25.7. The van der Waals surface area contributed by atoms with Crippen LogP contribution in [0.5, 0.6) is 0 Å². The third kappa shape index (κ3) is 14.2. The number of hydrogen-bond donors (Lipinski definition) is 0. The molecule has 0 amide bonds. The van der Waals surface area contributed by atoms with Gasteiger partial charge in [-0.2, -0.15) is 0 Å². The van der Waals surface area contributed by atoms with Gasteiger partial charge in [-0.3, -0.25) is 9.59 Å². The molecule has 3 unspecified atom stereocenters. The zero-order valence-electron chi connectivity index (χ0n) is 37.3. The number of quaternary nitrogens is 1. The van der Waals surface area contributed by atoms with E-state index < -0.39 is 17.9 Å². The first kappa shape index (κ1) is 46.8. The number of rotatable bonds is 26. The van der Waals surface area contributed by atoms with E-state index in [0.717, 1.165) is 44.9 Å². The lowest BCUT2D eigenvalue weighted by Crippen LogP contribution is -2.60. The number of ether oxygens (including phenoxy) is 4. The van der Waals surface area contributed by atoms with Gasteiger partial charge in [-0.05, 0) is 51.7 Å². The fourth-order valence-electron chi connectivity index (χ4n) is 10.4. The first-order valence-corrected chi connectivity index (χ1v) is 23.8. The molecule has 3 aliphatic heterocycles. The molecule has 8 nitrogen and oxygen atoms in total. The van der Waals surface area contributed by atoms with Crippen LogP contribution in [0.1, 0.15) is 193 Å². The van der Waals surface area contributed by atoms with Crippen LogP contribution in [0.3, 0.4) is 0 Å². The van der Waals surface area contributed by atoms with Gasteiger partial charge in [0, 0.05) is 51.4 Å². The second-order valence-corrected chi connectivity index (χ2v) is 19.0. The van der Waals surface area contributed by atoms with Crippen molar-refractivity contribution in [3.05, 3.63) is 71.8 Å². The summed E-state index contributed by atoms with van der Waals surface area (Å²) in [6.07, 6.45) is 25.6. The molecule has 0 saturated carbocycles. The Morgan fingerprint density at radius 3 is 1.44 bits per heavy atom. The molecule has 3 aliphatic rings. The number of piperidine rings is 1. The van der Waals surface area contributed by atoms with Gasteiger partial charge in [0.05, 0.1) is 25.2 Å². The average molecular weight is 817 g/mol. The van der Waals surface area contributed by atoms with Crippen molar-refractivity contribution in [2.45, 2.75) is 217 Å². The van der Waals surface area contributed by atoms with Crippen molar-refractivity contribution < 1.29 is 37.8 Å². The molecule has 3 atom stereocenters. The summed E-state index contributed by atoms with van der Waals surface area (Å²) >= 11 is 0. The number of carbonyl (C=O) groups is 3. The van der Waals surface area contributed by atoms with Crippen LogP contribution < -0.4 is 0 Å². The van der Waals surface area contributed by atoms with Gasteiger partial charge in [0.15, 0.2) is 0 Å². The van der Waals surface area contributed by atoms with Crippen LogP contribution in [0.2, 0.25) is 0 Å². The van der Waals surface area contributed by atoms with Gasteiger partial charge >= 0.3 is 17.9 Å². The van der Waals surface area contributed by atoms with Crippen LogP contribution >= 0.6 is 0 Å². The quantitative estimate of drug-likeness (QED) is 0.0307. The Hall–Kier alpha value is -3.23. The summed E-state index contributed by atoms with van der Waals surface area (Å²) in [7, 11) is 0. The lowest BCUT2D eigenvalue weighted by Gasteiger charge is -2.47. The Kier molecular flexibility index (Phi) is 18.8. The van der Waals surface area contributed by atoms with E-state index in [1.165, 1.54) is 114 Å². The number of esters is 3. The second-order valence-electron chi connectivity index (χ2n) is 19.0. The fourth-order valence-corrected chi connectivity index (χ4v) is 10.4. The maximum Gasteiger partial charge on any atom is 0.348 e. The van der Waals surface area contributed by atoms with Crippen molar-refractivity contribution in [1.82, 2.24) is 0 Å². The number of nitrogens with zero attached hydrogens (tertiary/aromatic N) is 1. The summed E-state index contributed by atoms with van der Waals surface area (Å²) in [5.41, 5.74) is -0.634. The van der Waals surface area contributed by atoms with Crippen molar-refractivity contribution in [1.29, 1.82) is 0 Å². The topological polar surface area (TPSA) is 88.1 Å². The molecular weight excluding hydrogens is 739 g/mol. The molecule has 1 spiro atoms. The minimum atomic E-state index is -1.58. The predicted octanol–water partition coefficient (Wildman–Crippen LogP) is 12.0. The molecule has 0 N–H and O–H groups in total. The highest BCUT2D eigenvalue weighted by molar-refractivity contribution is 5.86. The van der Waals surface area contributed by atoms with E-state index in [-0.39, 0.29) is 23.6 Å². The van der Waals surface area contributed by atoms with E-state index in [9.17, 15) is 14.4 Å². The van der Waals surface area contributed by atoms with Crippen LogP contribution in [0.4, 0.5) is 0 Å². The van der Waals surface area contributed by atoms with Gasteiger partial charge in [-0.1, -0.05) is 151 Å². The molecule has 5 rings (SSSR count). The molecule has 3 heterocycles. The van der Waals surface area contributed by atoms with E-state index >= 15 is 0 Å². The molecule has 2 bridgehead atoms. The number of hydrogen-bond acceptors (Lipinski definition) is 7. The summed E-state index contributed by atoms with van der Waals surface area (Å²) in [6.45, 7) is 10.0. The van der Waals surface area contributed by atoms with Crippen LogP contribution in [0.25, 0.3) is 0 Å². The number of carbonyl (C=O) groups excluding carboxylic acids is 3. The summed E-state index contributed by atoms with van der Waals surface area (Å²) in [6, 6.07) is 20.2. The van der Waals surface area contributed by atoms with E-state index in [1.807, 2.05) is 81.4 Å². The molecule has 59 heavy (non-hydrogen) atoms. The summed E-state index contributed by atoms with van der Waals surface area (Å²) in [5.74, 6) is -0.813. The molecule has 3 fully saturated rings. The zero-order chi connectivity index (χ0) is 42.0. The smallest absolute Gasteiger partial charge is 0.348 e. The lowest BCUT2D eigenvalue weighted by atomic mass is 9.85. The number of benzene rings is 2. The fraction of sp³-hybridized carbons (Fsp3) is 0.706. The molecule has 0 aliphatic carbocycles. The van der Waals surface area contributed by atoms with Crippen molar-refractivity contribution in [2.24, 2.45) is 0 Å². The molecular formula is C51H78NO7+. The van der Waals surface area contributed by atoms with Gasteiger partial charge < -0.3 is 23.4 Å². The maximum atomic E-state index is 14.7. The Morgan fingerprint density at radius 1 is 0.610 bits per heavy atom. The van der Waals surface area contributed by atoms with E-state index in [4.69, 9.17) is 18.9 Å². The van der Waals surface area contributed by atoms with Gasteiger partial charge in [0.2, 0.25) is 11.9 Å². The molecule has 0 aromatic heterocycles. The van der Waals surface area contributed by atoms with Gasteiger partial charge in [-0.25, -0.2) is 4.79 Å².